The monoisotopic (exact) mass is 492 g/mol. The summed E-state index contributed by atoms with van der Waals surface area (Å²) in [5, 5.41) is 11.2. The van der Waals surface area contributed by atoms with Crippen LogP contribution in [0.15, 0.2) is 47.4 Å². The van der Waals surface area contributed by atoms with Gasteiger partial charge in [-0.1, -0.05) is 35.3 Å². The van der Waals surface area contributed by atoms with Crippen LogP contribution in [0.4, 0.5) is 11.4 Å². The number of thioether (sulfide) groups is 1. The number of hydrogen-bond acceptors (Lipinski definition) is 7. The molecule has 13 heteroatoms. The summed E-state index contributed by atoms with van der Waals surface area (Å²) in [5.74, 6) is -0.237. The van der Waals surface area contributed by atoms with Crippen LogP contribution in [0.2, 0.25) is 10.0 Å². The Balaban J connectivity index is 2.19. The molecule has 0 saturated heterocycles. The highest BCUT2D eigenvalue weighted by molar-refractivity contribution is 7.98. The Bertz CT molecular complexity index is 1040. The van der Waals surface area contributed by atoms with Crippen LogP contribution >= 0.6 is 35.0 Å². The molecule has 0 aliphatic heterocycles. The Morgan fingerprint density at radius 1 is 1.23 bits per heavy atom. The molecular weight excluding hydrogens is 475 g/mol. The van der Waals surface area contributed by atoms with Gasteiger partial charge in [0, 0.05) is 11.1 Å². The number of sulfonamides is 1. The van der Waals surface area contributed by atoms with Crippen molar-refractivity contribution >= 4 is 62.3 Å². The molecule has 2 rings (SSSR count). The van der Waals surface area contributed by atoms with Crippen LogP contribution in [-0.4, -0.2) is 37.3 Å². The molecule has 0 radical (unpaired) electrons. The highest BCUT2D eigenvalue weighted by Crippen LogP contribution is 2.25. The van der Waals surface area contributed by atoms with Gasteiger partial charge in [0.2, 0.25) is 10.0 Å². The first-order valence-corrected chi connectivity index (χ1v) is 12.0. The highest BCUT2D eigenvalue weighted by atomic mass is 35.5. The Morgan fingerprint density at radius 3 is 2.60 bits per heavy atom. The van der Waals surface area contributed by atoms with Gasteiger partial charge in [0.25, 0.3) is 11.6 Å². The molecule has 2 aromatic rings. The van der Waals surface area contributed by atoms with Crippen molar-refractivity contribution in [3.63, 3.8) is 0 Å². The SMILES string of the molecule is CSCCC(NS(=O)(=O)c1cc(Cl)ccc1Cl)C(=O)NNc1ccccc1[N+](=O)[O-]. The van der Waals surface area contributed by atoms with Crippen molar-refractivity contribution in [2.24, 2.45) is 0 Å². The van der Waals surface area contributed by atoms with E-state index in [2.05, 4.69) is 15.6 Å². The van der Waals surface area contributed by atoms with E-state index in [4.69, 9.17) is 23.2 Å². The van der Waals surface area contributed by atoms with Gasteiger partial charge in [-0.2, -0.15) is 16.5 Å². The number of nitro benzene ring substituents is 1. The van der Waals surface area contributed by atoms with Crippen molar-refractivity contribution < 1.29 is 18.1 Å². The second kappa shape index (κ2) is 10.8. The molecule has 1 amide bonds. The number of anilines is 1. The third-order valence-corrected chi connectivity index (χ3v) is 6.66. The van der Waals surface area contributed by atoms with Crippen molar-refractivity contribution in [1.82, 2.24) is 10.1 Å². The number of halogens is 2. The number of nitrogens with one attached hydrogen (secondary N) is 3. The molecule has 30 heavy (non-hydrogen) atoms. The fourth-order valence-electron chi connectivity index (χ4n) is 2.37. The summed E-state index contributed by atoms with van der Waals surface area (Å²) in [6, 6.07) is 8.51. The summed E-state index contributed by atoms with van der Waals surface area (Å²) < 4.78 is 27.8. The number of carbonyl (C=O) groups is 1. The van der Waals surface area contributed by atoms with E-state index in [1.165, 1.54) is 48.2 Å². The van der Waals surface area contributed by atoms with Gasteiger partial charge < -0.3 is 0 Å². The normalized spacial score (nSPS) is 12.2. The quantitative estimate of drug-likeness (QED) is 0.341. The minimum absolute atomic E-state index is 0.0473. The van der Waals surface area contributed by atoms with Crippen LogP contribution in [0, 0.1) is 10.1 Å². The summed E-state index contributed by atoms with van der Waals surface area (Å²) in [5.41, 5.74) is 4.59. The molecule has 0 aliphatic rings. The summed E-state index contributed by atoms with van der Waals surface area (Å²) >= 11 is 13.3. The number of hydrazine groups is 1. The van der Waals surface area contributed by atoms with E-state index in [0.717, 1.165) is 0 Å². The molecule has 0 aliphatic carbocycles. The molecule has 0 bridgehead atoms. The van der Waals surface area contributed by atoms with Crippen LogP contribution in [0.3, 0.4) is 0 Å². The lowest BCUT2D eigenvalue weighted by molar-refractivity contribution is -0.384. The third-order valence-electron chi connectivity index (χ3n) is 3.83. The lowest BCUT2D eigenvalue weighted by atomic mass is 10.2. The molecule has 0 saturated carbocycles. The first-order chi connectivity index (χ1) is 14.2. The number of para-hydroxylation sites is 2. The number of amides is 1. The number of hydrogen-bond donors (Lipinski definition) is 3. The van der Waals surface area contributed by atoms with Crippen LogP contribution in [-0.2, 0) is 14.8 Å². The van der Waals surface area contributed by atoms with Crippen molar-refractivity contribution in [2.45, 2.75) is 17.4 Å². The number of nitro groups is 1. The van der Waals surface area contributed by atoms with Gasteiger partial charge in [-0.3, -0.25) is 25.8 Å². The second-order valence-electron chi connectivity index (χ2n) is 5.92. The third kappa shape index (κ3) is 6.47. The van der Waals surface area contributed by atoms with Crippen LogP contribution in [0.25, 0.3) is 0 Å². The molecule has 2 aromatic carbocycles. The maximum absolute atomic E-state index is 12.8. The molecule has 162 valence electrons. The second-order valence-corrected chi connectivity index (χ2v) is 9.43. The van der Waals surface area contributed by atoms with Gasteiger partial charge in [0.05, 0.1) is 9.95 Å². The zero-order valence-corrected chi connectivity index (χ0v) is 18.7. The molecule has 9 nitrogen and oxygen atoms in total. The summed E-state index contributed by atoms with van der Waals surface area (Å²) in [6.07, 6.45) is 1.98. The van der Waals surface area contributed by atoms with Gasteiger partial charge >= 0.3 is 0 Å². The van der Waals surface area contributed by atoms with Crippen molar-refractivity contribution in [1.29, 1.82) is 0 Å². The van der Waals surface area contributed by atoms with Crippen molar-refractivity contribution in [3.05, 3.63) is 62.6 Å². The maximum Gasteiger partial charge on any atom is 0.294 e. The largest absolute Gasteiger partial charge is 0.294 e. The van der Waals surface area contributed by atoms with Crippen LogP contribution < -0.4 is 15.6 Å². The Labute approximate surface area is 187 Å². The molecule has 0 fully saturated rings. The summed E-state index contributed by atoms with van der Waals surface area (Å²) in [4.78, 5) is 22.8. The van der Waals surface area contributed by atoms with Gasteiger partial charge in [0.15, 0.2) is 0 Å². The molecular formula is C17H18Cl2N4O5S2. The minimum atomic E-state index is -4.17. The average Bonchev–Trinajstić information content (AvgIpc) is 2.71. The van der Waals surface area contributed by atoms with Crippen molar-refractivity contribution in [2.75, 3.05) is 17.4 Å². The molecule has 0 heterocycles. The summed E-state index contributed by atoms with van der Waals surface area (Å²) in [7, 11) is -4.17. The van der Waals surface area contributed by atoms with E-state index >= 15 is 0 Å². The zero-order chi connectivity index (χ0) is 22.3. The predicted molar refractivity (Wildman–Crippen MR) is 118 cm³/mol. The highest BCUT2D eigenvalue weighted by Gasteiger charge is 2.27. The zero-order valence-electron chi connectivity index (χ0n) is 15.6. The summed E-state index contributed by atoms with van der Waals surface area (Å²) in [6.45, 7) is 0. The standard InChI is InChI=1S/C17H18Cl2N4O5S2/c1-29-9-8-14(22-30(27,28)16-10-11(18)6-7-12(16)19)17(24)21-20-13-4-2-3-5-15(13)23(25)26/h2-7,10,14,20,22H,8-9H2,1H3,(H,21,24). The predicted octanol–water partition coefficient (Wildman–Crippen LogP) is 3.44. The number of benzene rings is 2. The number of rotatable bonds is 10. The van der Waals surface area contributed by atoms with Crippen LogP contribution in [0.5, 0.6) is 0 Å². The first-order valence-electron chi connectivity index (χ1n) is 8.41. The van der Waals surface area contributed by atoms with E-state index in [0.29, 0.717) is 5.75 Å². The molecule has 0 aromatic heterocycles. The van der Waals surface area contributed by atoms with E-state index < -0.39 is 26.9 Å². The van der Waals surface area contributed by atoms with Gasteiger partial charge in [-0.05, 0) is 42.7 Å². The fraction of sp³-hybridized carbons (Fsp3) is 0.235. The van der Waals surface area contributed by atoms with E-state index in [9.17, 15) is 23.3 Å². The molecule has 1 atom stereocenters. The molecule has 0 spiro atoms. The smallest absolute Gasteiger partial charge is 0.292 e. The first kappa shape index (κ1) is 24.2. The Hall–Kier alpha value is -2.05. The maximum atomic E-state index is 12.8. The molecule has 1 unspecified atom stereocenters. The van der Waals surface area contributed by atoms with E-state index in [-0.39, 0.29) is 32.7 Å². The van der Waals surface area contributed by atoms with E-state index in [1.54, 1.807) is 6.07 Å². The lowest BCUT2D eigenvalue weighted by Crippen LogP contribution is -2.48. The van der Waals surface area contributed by atoms with Crippen LogP contribution in [0.1, 0.15) is 6.42 Å². The average molecular weight is 493 g/mol. The fourth-order valence-corrected chi connectivity index (χ4v) is 4.83. The Morgan fingerprint density at radius 2 is 1.93 bits per heavy atom. The topological polar surface area (TPSA) is 130 Å². The van der Waals surface area contributed by atoms with E-state index in [1.807, 2.05) is 6.26 Å². The number of nitrogens with zero attached hydrogens (tertiary/aromatic N) is 1. The van der Waals surface area contributed by atoms with Gasteiger partial charge in [0.1, 0.15) is 16.6 Å². The molecule has 3 N–H and O–H groups in total. The lowest BCUT2D eigenvalue weighted by Gasteiger charge is -2.19. The van der Waals surface area contributed by atoms with Gasteiger partial charge in [-0.25, -0.2) is 8.42 Å². The van der Waals surface area contributed by atoms with Crippen molar-refractivity contribution in [3.8, 4) is 0 Å². The number of carbonyl (C=O) groups excluding carboxylic acids is 1. The van der Waals surface area contributed by atoms with Gasteiger partial charge in [-0.15, -0.1) is 0 Å². The minimum Gasteiger partial charge on any atom is -0.292 e. The Kier molecular flexibility index (Phi) is 8.74.